The zero-order valence-electron chi connectivity index (χ0n) is 14.2. The summed E-state index contributed by atoms with van der Waals surface area (Å²) in [6, 6.07) is 3.15. The lowest BCUT2D eigenvalue weighted by molar-refractivity contribution is -0.146. The predicted octanol–water partition coefficient (Wildman–Crippen LogP) is 3.21. The highest BCUT2D eigenvalue weighted by Crippen LogP contribution is 2.39. The first kappa shape index (κ1) is 18.4. The summed E-state index contributed by atoms with van der Waals surface area (Å²) in [5.74, 6) is -2.15. The zero-order chi connectivity index (χ0) is 19.1. The van der Waals surface area contributed by atoms with E-state index in [0.29, 0.717) is 12.8 Å². The van der Waals surface area contributed by atoms with E-state index in [4.69, 9.17) is 0 Å². The number of fused-ring (bicyclic) bond motifs is 1. The van der Waals surface area contributed by atoms with E-state index >= 15 is 0 Å². The van der Waals surface area contributed by atoms with Crippen LogP contribution in [-0.4, -0.2) is 28.7 Å². The van der Waals surface area contributed by atoms with Crippen molar-refractivity contribution in [3.8, 4) is 0 Å². The molecule has 3 atom stereocenters. The van der Waals surface area contributed by atoms with E-state index < -0.39 is 23.7 Å². The molecular formula is C18H19F3N2O3. The average Bonchev–Trinajstić information content (AvgIpc) is 2.85. The predicted molar refractivity (Wildman–Crippen MR) is 86.8 cm³/mol. The van der Waals surface area contributed by atoms with E-state index in [1.807, 2.05) is 0 Å². The molecule has 0 aromatic heterocycles. The van der Waals surface area contributed by atoms with Gasteiger partial charge in [0.2, 0.25) is 17.7 Å². The maximum atomic E-state index is 12.8. The van der Waals surface area contributed by atoms with E-state index in [0.717, 1.165) is 29.9 Å². The van der Waals surface area contributed by atoms with Crippen LogP contribution in [-0.2, 0) is 20.6 Å². The largest absolute Gasteiger partial charge is 0.416 e. The second kappa shape index (κ2) is 6.74. The van der Waals surface area contributed by atoms with Gasteiger partial charge in [0.05, 0.1) is 17.4 Å². The van der Waals surface area contributed by atoms with E-state index in [1.54, 1.807) is 0 Å². The lowest BCUT2D eigenvalue weighted by Crippen LogP contribution is -2.46. The fourth-order valence-electron chi connectivity index (χ4n) is 3.71. The Balaban J connectivity index is 1.74. The number of amides is 3. The average molecular weight is 368 g/mol. The fraction of sp³-hybridized carbons (Fsp3) is 0.500. The highest BCUT2D eigenvalue weighted by molar-refractivity contribution is 6.09. The summed E-state index contributed by atoms with van der Waals surface area (Å²) in [6.45, 7) is 1.41. The summed E-state index contributed by atoms with van der Waals surface area (Å²) < 4.78 is 38.3. The number of alkyl halides is 3. The third kappa shape index (κ3) is 3.32. The van der Waals surface area contributed by atoms with Gasteiger partial charge in [-0.1, -0.05) is 18.9 Å². The van der Waals surface area contributed by atoms with Gasteiger partial charge in [-0.05, 0) is 38.0 Å². The van der Waals surface area contributed by atoms with Gasteiger partial charge in [0.25, 0.3) is 0 Å². The van der Waals surface area contributed by atoms with Crippen LogP contribution in [0, 0.1) is 11.8 Å². The number of likely N-dealkylation sites (tertiary alicyclic amines) is 1. The highest BCUT2D eigenvalue weighted by Gasteiger charge is 2.50. The summed E-state index contributed by atoms with van der Waals surface area (Å²) in [4.78, 5) is 38.4. The summed E-state index contributed by atoms with van der Waals surface area (Å²) in [5.41, 5.74) is -0.921. The molecule has 8 heteroatoms. The van der Waals surface area contributed by atoms with Crippen LogP contribution in [0.25, 0.3) is 0 Å². The molecule has 1 aliphatic carbocycles. The quantitative estimate of drug-likeness (QED) is 0.833. The Morgan fingerprint density at radius 1 is 1.15 bits per heavy atom. The zero-order valence-corrected chi connectivity index (χ0v) is 14.2. The van der Waals surface area contributed by atoms with E-state index in [-0.39, 0.29) is 29.3 Å². The molecule has 140 valence electrons. The normalized spacial score (nSPS) is 24.4. The molecule has 0 radical (unpaired) electrons. The first-order valence-electron chi connectivity index (χ1n) is 8.55. The molecule has 1 saturated carbocycles. The number of carbonyl (C=O) groups excluding carboxylic acids is 3. The molecule has 0 bridgehead atoms. The van der Waals surface area contributed by atoms with E-state index in [1.165, 1.54) is 19.1 Å². The van der Waals surface area contributed by atoms with Crippen LogP contribution in [0.1, 0.15) is 38.2 Å². The van der Waals surface area contributed by atoms with Crippen LogP contribution in [0.4, 0.5) is 18.9 Å². The lowest BCUT2D eigenvalue weighted by Gasteiger charge is -2.22. The van der Waals surface area contributed by atoms with Crippen molar-refractivity contribution in [1.29, 1.82) is 0 Å². The van der Waals surface area contributed by atoms with Gasteiger partial charge in [0, 0.05) is 5.69 Å². The third-order valence-corrected chi connectivity index (χ3v) is 5.10. The number of anilines is 1. The topological polar surface area (TPSA) is 66.5 Å². The van der Waals surface area contributed by atoms with E-state index in [2.05, 4.69) is 5.32 Å². The molecule has 3 amide bonds. The van der Waals surface area contributed by atoms with Crippen LogP contribution < -0.4 is 5.32 Å². The van der Waals surface area contributed by atoms with Crippen molar-refractivity contribution in [2.45, 2.75) is 44.8 Å². The minimum atomic E-state index is -4.52. The van der Waals surface area contributed by atoms with Gasteiger partial charge in [-0.15, -0.1) is 0 Å². The first-order chi connectivity index (χ1) is 12.2. The SMILES string of the molecule is C[C@@H](C(=O)Nc1cccc(C(F)(F)F)c1)N1C(=O)C2CCCCC2C1=O. The number of nitrogens with zero attached hydrogens (tertiary/aromatic N) is 1. The summed E-state index contributed by atoms with van der Waals surface area (Å²) >= 11 is 0. The standard InChI is InChI=1S/C18H19F3N2O3/c1-10(23-16(25)13-7-2-3-8-14(13)17(23)26)15(24)22-12-6-4-5-11(9-12)18(19,20)21/h4-6,9-10,13-14H,2-3,7-8H2,1H3,(H,22,24)/t10-,13?,14?/m0/s1. The molecule has 2 aliphatic rings. The van der Waals surface area contributed by atoms with Gasteiger partial charge in [-0.25, -0.2) is 0 Å². The third-order valence-electron chi connectivity index (χ3n) is 5.10. The van der Waals surface area contributed by atoms with E-state index in [9.17, 15) is 27.6 Å². The number of rotatable bonds is 3. The molecule has 26 heavy (non-hydrogen) atoms. The van der Waals surface area contributed by atoms with Crippen molar-refractivity contribution in [3.05, 3.63) is 29.8 Å². The number of benzene rings is 1. The Bertz CT molecular complexity index is 723. The molecule has 1 saturated heterocycles. The number of imide groups is 1. The smallest absolute Gasteiger partial charge is 0.324 e. The highest BCUT2D eigenvalue weighted by atomic mass is 19.4. The number of nitrogens with one attached hydrogen (secondary N) is 1. The molecule has 0 spiro atoms. The molecule has 1 aromatic rings. The van der Waals surface area contributed by atoms with Gasteiger partial charge in [0.1, 0.15) is 6.04 Å². The van der Waals surface area contributed by atoms with Crippen LogP contribution in [0.15, 0.2) is 24.3 Å². The molecule has 1 N–H and O–H groups in total. The Kier molecular flexibility index (Phi) is 4.77. The van der Waals surface area contributed by atoms with Crippen molar-refractivity contribution >= 4 is 23.4 Å². The number of hydrogen-bond acceptors (Lipinski definition) is 3. The Morgan fingerprint density at radius 3 is 2.27 bits per heavy atom. The summed E-state index contributed by atoms with van der Waals surface area (Å²) in [5, 5.41) is 2.37. The van der Waals surface area contributed by atoms with Gasteiger partial charge in [0.15, 0.2) is 0 Å². The molecular weight excluding hydrogens is 349 g/mol. The minimum Gasteiger partial charge on any atom is -0.324 e. The van der Waals surface area contributed by atoms with Crippen molar-refractivity contribution < 1.29 is 27.6 Å². The number of carbonyl (C=O) groups is 3. The Labute approximate surface area is 148 Å². The second-order valence-corrected chi connectivity index (χ2v) is 6.79. The molecule has 2 unspecified atom stereocenters. The van der Waals surface area contributed by atoms with Crippen LogP contribution in [0.5, 0.6) is 0 Å². The number of halogens is 3. The lowest BCUT2D eigenvalue weighted by atomic mass is 9.81. The first-order valence-corrected chi connectivity index (χ1v) is 8.55. The maximum Gasteiger partial charge on any atom is 0.416 e. The fourth-order valence-corrected chi connectivity index (χ4v) is 3.71. The van der Waals surface area contributed by atoms with Crippen LogP contribution >= 0.6 is 0 Å². The van der Waals surface area contributed by atoms with Gasteiger partial charge in [-0.3, -0.25) is 19.3 Å². The minimum absolute atomic E-state index is 0.0341. The van der Waals surface area contributed by atoms with Gasteiger partial charge in [-0.2, -0.15) is 13.2 Å². The monoisotopic (exact) mass is 368 g/mol. The number of hydrogen-bond donors (Lipinski definition) is 1. The van der Waals surface area contributed by atoms with Crippen molar-refractivity contribution in [1.82, 2.24) is 4.90 Å². The Hall–Kier alpha value is -2.38. The van der Waals surface area contributed by atoms with Crippen LogP contribution in [0.3, 0.4) is 0 Å². The molecule has 2 fully saturated rings. The van der Waals surface area contributed by atoms with Gasteiger partial charge < -0.3 is 5.32 Å². The second-order valence-electron chi connectivity index (χ2n) is 6.79. The summed E-state index contributed by atoms with van der Waals surface area (Å²) in [6.07, 6.45) is -1.51. The molecule has 3 rings (SSSR count). The molecule has 1 aromatic carbocycles. The molecule has 1 heterocycles. The maximum absolute atomic E-state index is 12.8. The van der Waals surface area contributed by atoms with Crippen LogP contribution in [0.2, 0.25) is 0 Å². The van der Waals surface area contributed by atoms with Gasteiger partial charge >= 0.3 is 6.18 Å². The Morgan fingerprint density at radius 2 is 1.73 bits per heavy atom. The van der Waals surface area contributed by atoms with Crippen molar-refractivity contribution in [3.63, 3.8) is 0 Å². The van der Waals surface area contributed by atoms with Crippen molar-refractivity contribution in [2.24, 2.45) is 11.8 Å². The summed E-state index contributed by atoms with van der Waals surface area (Å²) in [7, 11) is 0. The molecule has 5 nitrogen and oxygen atoms in total. The van der Waals surface area contributed by atoms with Crippen molar-refractivity contribution in [2.75, 3.05) is 5.32 Å². The molecule has 1 aliphatic heterocycles.